The van der Waals surface area contributed by atoms with E-state index in [0.29, 0.717) is 18.8 Å². The molecule has 0 aliphatic carbocycles. The molecule has 0 bridgehead atoms. The number of hydrogen-bond donors (Lipinski definition) is 2. The molecule has 0 spiro atoms. The van der Waals surface area contributed by atoms with E-state index in [1.165, 1.54) is 0 Å². The van der Waals surface area contributed by atoms with Gasteiger partial charge in [0, 0.05) is 56.9 Å². The number of carbonyl (C=O) groups is 1. The van der Waals surface area contributed by atoms with Crippen molar-refractivity contribution in [2.75, 3.05) is 32.7 Å². The number of benzene rings is 1. The highest BCUT2D eigenvalue weighted by atomic mass is 32.1. The molecule has 3 aromatic rings. The van der Waals surface area contributed by atoms with Gasteiger partial charge in [-0.2, -0.15) is 12.6 Å². The van der Waals surface area contributed by atoms with Gasteiger partial charge in [0.1, 0.15) is 11.6 Å². The Kier molecular flexibility index (Phi) is 6.71. The van der Waals surface area contributed by atoms with Crippen LogP contribution in [0.3, 0.4) is 0 Å². The number of thiazole rings is 1. The monoisotopic (exact) mass is 443 g/mol. The van der Waals surface area contributed by atoms with Crippen LogP contribution in [0.1, 0.15) is 27.3 Å². The second-order valence-electron chi connectivity index (χ2n) is 7.25. The molecule has 1 fully saturated rings. The fourth-order valence-corrected chi connectivity index (χ4v) is 4.38. The van der Waals surface area contributed by atoms with Crippen LogP contribution in [-0.4, -0.2) is 63.6 Å². The summed E-state index contributed by atoms with van der Waals surface area (Å²) in [5, 5.41) is 3.08. The Bertz CT molecular complexity index is 950. The molecule has 158 valence electrons. The quantitative estimate of drug-likeness (QED) is 0.570. The lowest BCUT2D eigenvalue weighted by Gasteiger charge is -2.33. The van der Waals surface area contributed by atoms with Crippen LogP contribution >= 0.6 is 24.0 Å². The van der Waals surface area contributed by atoms with Crippen molar-refractivity contribution in [3.05, 3.63) is 64.1 Å². The van der Waals surface area contributed by atoms with Gasteiger partial charge in [-0.1, -0.05) is 12.1 Å². The van der Waals surface area contributed by atoms with E-state index in [1.54, 1.807) is 40.8 Å². The topological polar surface area (TPSA) is 74.3 Å². The molecule has 1 aliphatic rings. The minimum atomic E-state index is -0.300. The summed E-state index contributed by atoms with van der Waals surface area (Å²) in [6.07, 6.45) is 4.12. The molecule has 1 aliphatic heterocycles. The maximum absolute atomic E-state index is 12.5. The number of aromatic nitrogens is 3. The average Bonchev–Trinajstić information content (AvgIpc) is 3.44. The number of carbonyl (C=O) groups excluding carboxylic acids is 1. The third-order valence-electron chi connectivity index (χ3n) is 5.16. The van der Waals surface area contributed by atoms with Crippen molar-refractivity contribution in [3.63, 3.8) is 0 Å². The molecule has 1 aromatic carbocycles. The first-order valence-electron chi connectivity index (χ1n) is 9.96. The molecule has 1 atom stereocenters. The van der Waals surface area contributed by atoms with Gasteiger partial charge in [0.15, 0.2) is 0 Å². The van der Waals surface area contributed by atoms with Gasteiger partial charge >= 0.3 is 6.09 Å². The van der Waals surface area contributed by atoms with E-state index >= 15 is 0 Å². The van der Waals surface area contributed by atoms with Crippen molar-refractivity contribution in [1.82, 2.24) is 24.8 Å². The molecule has 1 unspecified atom stereocenters. The number of aromatic amines is 1. The van der Waals surface area contributed by atoms with Crippen molar-refractivity contribution in [2.24, 2.45) is 0 Å². The highest BCUT2D eigenvalue weighted by Gasteiger charge is 2.22. The second-order valence-corrected chi connectivity index (χ2v) is 8.83. The Hall–Kier alpha value is -2.36. The fourth-order valence-electron chi connectivity index (χ4n) is 3.42. The summed E-state index contributed by atoms with van der Waals surface area (Å²) in [4.78, 5) is 28.5. The summed E-state index contributed by atoms with van der Waals surface area (Å²) in [6, 6.07) is 7.40. The normalized spacial score (nSPS) is 15.9. The van der Waals surface area contributed by atoms with E-state index in [4.69, 9.17) is 4.74 Å². The predicted octanol–water partition coefficient (Wildman–Crippen LogP) is 3.55. The molecule has 7 nitrogen and oxygen atoms in total. The molecular weight excluding hydrogens is 418 g/mol. The minimum Gasteiger partial charge on any atom is -0.410 e. The number of amides is 1. The van der Waals surface area contributed by atoms with Crippen molar-refractivity contribution in [1.29, 1.82) is 0 Å². The molecule has 30 heavy (non-hydrogen) atoms. The van der Waals surface area contributed by atoms with Crippen molar-refractivity contribution in [2.45, 2.75) is 18.6 Å². The molecule has 0 radical (unpaired) electrons. The van der Waals surface area contributed by atoms with Crippen molar-refractivity contribution >= 4 is 30.1 Å². The van der Waals surface area contributed by atoms with E-state index in [-0.39, 0.29) is 11.3 Å². The zero-order chi connectivity index (χ0) is 20.9. The first-order chi connectivity index (χ1) is 14.6. The number of aryl methyl sites for hydroxylation is 1. The number of rotatable bonds is 6. The lowest BCUT2D eigenvalue weighted by atomic mass is 10.1. The summed E-state index contributed by atoms with van der Waals surface area (Å²) in [7, 11) is 0. The van der Waals surface area contributed by atoms with Gasteiger partial charge in [0.05, 0.1) is 16.0 Å². The van der Waals surface area contributed by atoms with Crippen molar-refractivity contribution in [3.8, 4) is 5.75 Å². The summed E-state index contributed by atoms with van der Waals surface area (Å²) in [5.74, 6) is 1.32. The Morgan fingerprint density at radius 1 is 1.27 bits per heavy atom. The van der Waals surface area contributed by atoms with Crippen LogP contribution in [-0.2, 0) is 6.42 Å². The molecule has 4 rings (SSSR count). The smallest absolute Gasteiger partial charge is 0.410 e. The van der Waals surface area contributed by atoms with Gasteiger partial charge in [-0.25, -0.2) is 14.8 Å². The van der Waals surface area contributed by atoms with E-state index in [2.05, 4.69) is 37.9 Å². The molecule has 2 aromatic heterocycles. The fraction of sp³-hybridized carbons (Fsp3) is 0.381. The van der Waals surface area contributed by atoms with E-state index in [1.807, 2.05) is 19.1 Å². The largest absolute Gasteiger partial charge is 0.415 e. The number of nitrogens with zero attached hydrogens (tertiary/aromatic N) is 4. The highest BCUT2D eigenvalue weighted by Crippen LogP contribution is 2.27. The molecule has 1 N–H and O–H groups in total. The Morgan fingerprint density at radius 3 is 2.67 bits per heavy atom. The lowest BCUT2D eigenvalue weighted by molar-refractivity contribution is 0.111. The van der Waals surface area contributed by atoms with Crippen LogP contribution < -0.4 is 4.74 Å². The first-order valence-corrected chi connectivity index (χ1v) is 11.4. The van der Waals surface area contributed by atoms with Crippen molar-refractivity contribution < 1.29 is 9.53 Å². The maximum atomic E-state index is 12.5. The Balaban J connectivity index is 1.23. The number of hydrogen-bond acceptors (Lipinski definition) is 7. The standard InChI is InChI=1S/C21H25N5O2S2/c1-15-24-17(14-30-15)6-9-25-10-12-26(13-11-25)21(27)28-18-4-2-16(3-5-18)19(29)20-22-7-8-23-20/h2-5,7-8,14,19,29H,6,9-13H2,1H3,(H,22,23). The predicted molar refractivity (Wildman–Crippen MR) is 120 cm³/mol. The zero-order valence-corrected chi connectivity index (χ0v) is 18.5. The van der Waals surface area contributed by atoms with Gasteiger partial charge < -0.3 is 14.6 Å². The summed E-state index contributed by atoms with van der Waals surface area (Å²) in [6.45, 7) is 6.04. The van der Waals surface area contributed by atoms with Gasteiger partial charge in [-0.05, 0) is 24.6 Å². The van der Waals surface area contributed by atoms with Crippen LogP contribution in [0, 0.1) is 6.92 Å². The van der Waals surface area contributed by atoms with Gasteiger partial charge in [-0.3, -0.25) is 4.90 Å². The van der Waals surface area contributed by atoms with Crippen LogP contribution in [0.2, 0.25) is 0 Å². The van der Waals surface area contributed by atoms with Gasteiger partial charge in [-0.15, -0.1) is 11.3 Å². The maximum Gasteiger partial charge on any atom is 0.415 e. The zero-order valence-electron chi connectivity index (χ0n) is 16.8. The summed E-state index contributed by atoms with van der Waals surface area (Å²) >= 11 is 6.28. The number of imidazole rings is 1. The number of thiol groups is 1. The Morgan fingerprint density at radius 2 is 2.03 bits per heavy atom. The molecular formula is C21H25N5O2S2. The molecule has 3 heterocycles. The second kappa shape index (κ2) is 9.63. The van der Waals surface area contributed by atoms with E-state index in [0.717, 1.165) is 48.1 Å². The lowest BCUT2D eigenvalue weighted by Crippen LogP contribution is -2.49. The third kappa shape index (κ3) is 5.21. The first kappa shape index (κ1) is 20.9. The highest BCUT2D eigenvalue weighted by molar-refractivity contribution is 7.80. The molecule has 0 saturated carbocycles. The molecule has 1 amide bonds. The number of nitrogens with one attached hydrogen (secondary N) is 1. The summed E-state index contributed by atoms with van der Waals surface area (Å²) in [5.41, 5.74) is 2.13. The van der Waals surface area contributed by atoms with E-state index in [9.17, 15) is 4.79 Å². The van der Waals surface area contributed by atoms with Crippen LogP contribution in [0.5, 0.6) is 5.75 Å². The van der Waals surface area contributed by atoms with Crippen LogP contribution in [0.15, 0.2) is 42.0 Å². The number of H-pyrrole nitrogens is 1. The Labute approximate surface area is 185 Å². The minimum absolute atomic E-state index is 0.147. The molecule has 1 saturated heterocycles. The molecule has 9 heteroatoms. The van der Waals surface area contributed by atoms with E-state index < -0.39 is 0 Å². The number of ether oxygens (including phenoxy) is 1. The third-order valence-corrected chi connectivity index (χ3v) is 6.53. The van der Waals surface area contributed by atoms with Crippen LogP contribution in [0.25, 0.3) is 0 Å². The van der Waals surface area contributed by atoms with Crippen LogP contribution in [0.4, 0.5) is 4.79 Å². The van der Waals surface area contributed by atoms with Gasteiger partial charge in [0.25, 0.3) is 0 Å². The van der Waals surface area contributed by atoms with Gasteiger partial charge in [0.2, 0.25) is 0 Å². The summed E-state index contributed by atoms with van der Waals surface area (Å²) < 4.78 is 5.56. The SMILES string of the molecule is Cc1nc(CCN2CCN(C(=O)Oc3ccc(C(S)c4ncc[nH]4)cc3)CC2)cs1. The number of piperazine rings is 1. The average molecular weight is 444 g/mol.